The summed E-state index contributed by atoms with van der Waals surface area (Å²) >= 11 is 0. The summed E-state index contributed by atoms with van der Waals surface area (Å²) in [6.07, 6.45) is 2.09. The normalized spacial score (nSPS) is 12.8. The Hall–Kier alpha value is -2.62. The first kappa shape index (κ1) is 25.4. The SMILES string of the molecule is CC(C)Cc1ccc([C@@H](C)C(=O)O)cc1.CC(C)Cc1ccc([C@@H](C)C(=O)O)cc1. The summed E-state index contributed by atoms with van der Waals surface area (Å²) in [6, 6.07) is 15.7. The third-order valence-electron chi connectivity index (χ3n) is 4.99. The molecule has 0 amide bonds. The van der Waals surface area contributed by atoms with Crippen LogP contribution >= 0.6 is 0 Å². The van der Waals surface area contributed by atoms with Crippen molar-refractivity contribution in [2.45, 2.75) is 66.2 Å². The Kier molecular flexibility index (Phi) is 10.3. The van der Waals surface area contributed by atoms with Crippen molar-refractivity contribution in [3.8, 4) is 0 Å². The van der Waals surface area contributed by atoms with Crippen LogP contribution in [0.5, 0.6) is 0 Å². The predicted octanol–water partition coefficient (Wildman–Crippen LogP) is 6.15. The lowest BCUT2D eigenvalue weighted by Gasteiger charge is -2.09. The van der Waals surface area contributed by atoms with E-state index >= 15 is 0 Å². The molecule has 0 heterocycles. The summed E-state index contributed by atoms with van der Waals surface area (Å²) in [5.74, 6) is -1.12. The zero-order valence-electron chi connectivity index (χ0n) is 19.1. The molecule has 164 valence electrons. The van der Waals surface area contributed by atoms with E-state index < -0.39 is 23.8 Å². The molecule has 30 heavy (non-hydrogen) atoms. The van der Waals surface area contributed by atoms with Crippen LogP contribution in [0.4, 0.5) is 0 Å². The van der Waals surface area contributed by atoms with Gasteiger partial charge in [0.1, 0.15) is 0 Å². The lowest BCUT2D eigenvalue weighted by Crippen LogP contribution is -2.07. The van der Waals surface area contributed by atoms with Gasteiger partial charge in [-0.15, -0.1) is 0 Å². The number of carbonyl (C=O) groups is 2. The minimum atomic E-state index is -0.772. The van der Waals surface area contributed by atoms with E-state index in [2.05, 4.69) is 27.7 Å². The van der Waals surface area contributed by atoms with Crippen molar-refractivity contribution in [2.24, 2.45) is 11.8 Å². The smallest absolute Gasteiger partial charge is 0.310 e. The molecule has 4 heteroatoms. The van der Waals surface area contributed by atoms with Gasteiger partial charge in [0, 0.05) is 0 Å². The Morgan fingerprint density at radius 3 is 1.07 bits per heavy atom. The molecule has 0 saturated heterocycles. The van der Waals surface area contributed by atoms with Crippen molar-refractivity contribution >= 4 is 11.9 Å². The number of benzene rings is 2. The van der Waals surface area contributed by atoms with Crippen LogP contribution in [0.15, 0.2) is 48.5 Å². The molecular weight excluding hydrogens is 376 g/mol. The lowest BCUT2D eigenvalue weighted by atomic mass is 9.97. The molecule has 2 atom stereocenters. The fraction of sp³-hybridized carbons (Fsp3) is 0.462. The van der Waals surface area contributed by atoms with Crippen LogP contribution in [0.3, 0.4) is 0 Å². The Bertz CT molecular complexity index is 719. The number of rotatable bonds is 8. The summed E-state index contributed by atoms with van der Waals surface area (Å²) in [7, 11) is 0. The van der Waals surface area contributed by atoms with Gasteiger partial charge in [-0.05, 0) is 60.8 Å². The monoisotopic (exact) mass is 412 g/mol. The molecule has 0 bridgehead atoms. The van der Waals surface area contributed by atoms with Gasteiger partial charge < -0.3 is 10.2 Å². The van der Waals surface area contributed by atoms with Crippen molar-refractivity contribution < 1.29 is 19.8 Å². The predicted molar refractivity (Wildman–Crippen MR) is 122 cm³/mol. The maximum Gasteiger partial charge on any atom is 0.310 e. The minimum absolute atomic E-state index is 0.418. The molecule has 0 radical (unpaired) electrons. The third-order valence-corrected chi connectivity index (χ3v) is 4.99. The average Bonchev–Trinajstić information content (AvgIpc) is 2.67. The maximum absolute atomic E-state index is 10.8. The lowest BCUT2D eigenvalue weighted by molar-refractivity contribution is -0.139. The van der Waals surface area contributed by atoms with Crippen molar-refractivity contribution in [2.75, 3.05) is 0 Å². The highest BCUT2D eigenvalue weighted by molar-refractivity contribution is 5.75. The maximum atomic E-state index is 10.8. The average molecular weight is 413 g/mol. The second kappa shape index (κ2) is 12.2. The molecule has 0 fully saturated rings. The summed E-state index contributed by atoms with van der Waals surface area (Å²) in [5, 5.41) is 17.7. The highest BCUT2D eigenvalue weighted by atomic mass is 16.4. The molecule has 2 aromatic rings. The van der Waals surface area contributed by atoms with E-state index in [4.69, 9.17) is 10.2 Å². The summed E-state index contributed by atoms with van der Waals surface area (Å²) in [5.41, 5.74) is 4.28. The highest BCUT2D eigenvalue weighted by Crippen LogP contribution is 2.18. The first-order valence-electron chi connectivity index (χ1n) is 10.6. The Balaban J connectivity index is 0.000000300. The molecule has 4 nitrogen and oxygen atoms in total. The third kappa shape index (κ3) is 8.81. The largest absolute Gasteiger partial charge is 0.481 e. The number of hydrogen-bond acceptors (Lipinski definition) is 2. The number of hydrogen-bond donors (Lipinski definition) is 2. The molecule has 0 spiro atoms. The van der Waals surface area contributed by atoms with Gasteiger partial charge >= 0.3 is 11.9 Å². The summed E-state index contributed by atoms with van der Waals surface area (Å²) < 4.78 is 0. The van der Waals surface area contributed by atoms with E-state index in [1.807, 2.05) is 48.5 Å². The molecular formula is C26H36O4. The highest BCUT2D eigenvalue weighted by Gasteiger charge is 2.13. The van der Waals surface area contributed by atoms with Crippen molar-refractivity contribution in [3.63, 3.8) is 0 Å². The number of carboxylic acids is 2. The topological polar surface area (TPSA) is 74.6 Å². The van der Waals surface area contributed by atoms with E-state index in [1.54, 1.807) is 13.8 Å². The molecule has 0 aliphatic rings. The van der Waals surface area contributed by atoms with E-state index in [-0.39, 0.29) is 0 Å². The van der Waals surface area contributed by atoms with Crippen LogP contribution in [0.2, 0.25) is 0 Å². The molecule has 0 saturated carbocycles. The van der Waals surface area contributed by atoms with Gasteiger partial charge in [-0.25, -0.2) is 0 Å². The van der Waals surface area contributed by atoms with E-state index in [1.165, 1.54) is 11.1 Å². The van der Waals surface area contributed by atoms with Gasteiger partial charge in [0.15, 0.2) is 0 Å². The minimum Gasteiger partial charge on any atom is -0.481 e. The zero-order chi connectivity index (χ0) is 22.8. The Morgan fingerprint density at radius 2 is 0.867 bits per heavy atom. The Labute approximate surface area is 181 Å². The van der Waals surface area contributed by atoms with E-state index in [0.717, 1.165) is 24.0 Å². The van der Waals surface area contributed by atoms with Gasteiger partial charge in [-0.2, -0.15) is 0 Å². The van der Waals surface area contributed by atoms with Crippen molar-refractivity contribution in [1.82, 2.24) is 0 Å². The fourth-order valence-electron chi connectivity index (χ4n) is 3.11. The van der Waals surface area contributed by atoms with Gasteiger partial charge in [0.2, 0.25) is 0 Å². The van der Waals surface area contributed by atoms with Gasteiger partial charge in [-0.3, -0.25) is 9.59 Å². The number of aliphatic carboxylic acids is 2. The zero-order valence-corrected chi connectivity index (χ0v) is 19.1. The fourth-order valence-corrected chi connectivity index (χ4v) is 3.11. The van der Waals surface area contributed by atoms with Crippen LogP contribution in [-0.4, -0.2) is 22.2 Å². The van der Waals surface area contributed by atoms with Crippen molar-refractivity contribution in [1.29, 1.82) is 0 Å². The van der Waals surface area contributed by atoms with Crippen LogP contribution in [0.25, 0.3) is 0 Å². The summed E-state index contributed by atoms with van der Waals surface area (Å²) in [4.78, 5) is 21.5. The quantitative estimate of drug-likeness (QED) is 0.545. The van der Waals surface area contributed by atoms with Gasteiger partial charge in [-0.1, -0.05) is 76.2 Å². The molecule has 2 rings (SSSR count). The van der Waals surface area contributed by atoms with Crippen LogP contribution in [0.1, 0.15) is 75.6 Å². The van der Waals surface area contributed by atoms with Crippen LogP contribution in [-0.2, 0) is 22.4 Å². The number of carboxylic acid groups (broad SMARTS) is 2. The van der Waals surface area contributed by atoms with Gasteiger partial charge in [0.05, 0.1) is 11.8 Å². The Morgan fingerprint density at radius 1 is 0.600 bits per heavy atom. The molecule has 0 aliphatic heterocycles. The first-order valence-corrected chi connectivity index (χ1v) is 10.6. The molecule has 0 aromatic heterocycles. The summed E-state index contributed by atoms with van der Waals surface area (Å²) in [6.45, 7) is 12.1. The molecule has 0 unspecified atom stereocenters. The molecule has 0 aliphatic carbocycles. The first-order chi connectivity index (χ1) is 14.0. The van der Waals surface area contributed by atoms with Gasteiger partial charge in [0.25, 0.3) is 0 Å². The second-order valence-electron chi connectivity index (χ2n) is 8.80. The standard InChI is InChI=1S/2C13H18O2/c2*1-9(2)8-11-4-6-12(7-5-11)10(3)13(14)15/h2*4-7,9-10H,8H2,1-3H3,(H,14,15)/t2*10-/m11/s1. The second-order valence-corrected chi connectivity index (χ2v) is 8.80. The van der Waals surface area contributed by atoms with Crippen LogP contribution < -0.4 is 0 Å². The van der Waals surface area contributed by atoms with E-state index in [0.29, 0.717) is 11.8 Å². The van der Waals surface area contributed by atoms with E-state index in [9.17, 15) is 9.59 Å². The van der Waals surface area contributed by atoms with Crippen molar-refractivity contribution in [3.05, 3.63) is 70.8 Å². The molecule has 2 aromatic carbocycles. The molecule has 2 N–H and O–H groups in total. The van der Waals surface area contributed by atoms with Crippen LogP contribution in [0, 0.1) is 11.8 Å².